The van der Waals surface area contributed by atoms with E-state index in [2.05, 4.69) is 9.97 Å². The molecular formula is C16H16FN3OS. The zero-order valence-corrected chi connectivity index (χ0v) is 13.4. The van der Waals surface area contributed by atoms with Crippen molar-refractivity contribution in [2.45, 2.75) is 20.4 Å². The van der Waals surface area contributed by atoms with E-state index >= 15 is 0 Å². The summed E-state index contributed by atoms with van der Waals surface area (Å²) < 4.78 is 20.9. The first kappa shape index (κ1) is 14.7. The summed E-state index contributed by atoms with van der Waals surface area (Å²) in [5.41, 5.74) is 1.75. The molecule has 0 unspecified atom stereocenters. The summed E-state index contributed by atoms with van der Waals surface area (Å²) in [4.78, 5) is 9.98. The van der Waals surface area contributed by atoms with Crippen LogP contribution in [0, 0.1) is 19.7 Å². The smallest absolute Gasteiger partial charge is 0.165 e. The Labute approximate surface area is 132 Å². The SMILES string of the molecule is COc1ccc(-c2nccn2Cc2sc(C)nc2C)cc1F. The van der Waals surface area contributed by atoms with Crippen LogP contribution in [-0.4, -0.2) is 21.6 Å². The highest BCUT2D eigenvalue weighted by Gasteiger charge is 2.12. The maximum atomic E-state index is 13.9. The molecule has 0 fully saturated rings. The Kier molecular flexibility index (Phi) is 3.94. The Balaban J connectivity index is 1.95. The van der Waals surface area contributed by atoms with Gasteiger partial charge in [0.25, 0.3) is 0 Å². The van der Waals surface area contributed by atoms with Crippen LogP contribution >= 0.6 is 11.3 Å². The van der Waals surface area contributed by atoms with Gasteiger partial charge >= 0.3 is 0 Å². The highest BCUT2D eigenvalue weighted by molar-refractivity contribution is 7.11. The molecule has 0 radical (unpaired) electrons. The number of rotatable bonds is 4. The summed E-state index contributed by atoms with van der Waals surface area (Å²) >= 11 is 1.67. The van der Waals surface area contributed by atoms with Gasteiger partial charge in [0, 0.05) is 22.8 Å². The fourth-order valence-electron chi connectivity index (χ4n) is 2.38. The molecule has 22 heavy (non-hydrogen) atoms. The molecule has 0 saturated carbocycles. The topological polar surface area (TPSA) is 39.9 Å². The van der Waals surface area contributed by atoms with E-state index in [0.29, 0.717) is 6.54 Å². The number of halogens is 1. The zero-order valence-electron chi connectivity index (χ0n) is 12.6. The molecule has 0 aliphatic carbocycles. The van der Waals surface area contributed by atoms with Crippen molar-refractivity contribution in [1.29, 1.82) is 0 Å². The van der Waals surface area contributed by atoms with Gasteiger partial charge in [-0.15, -0.1) is 11.3 Å². The number of benzene rings is 1. The van der Waals surface area contributed by atoms with Crippen LogP contribution in [0.5, 0.6) is 5.75 Å². The lowest BCUT2D eigenvalue weighted by Gasteiger charge is -2.08. The molecule has 2 heterocycles. The molecule has 0 aliphatic heterocycles. The molecule has 2 aromatic heterocycles. The third-order valence-electron chi connectivity index (χ3n) is 3.44. The van der Waals surface area contributed by atoms with Gasteiger partial charge < -0.3 is 9.30 Å². The number of ether oxygens (including phenoxy) is 1. The van der Waals surface area contributed by atoms with Crippen molar-refractivity contribution in [1.82, 2.24) is 14.5 Å². The number of methoxy groups -OCH3 is 1. The quantitative estimate of drug-likeness (QED) is 0.734. The minimum absolute atomic E-state index is 0.232. The number of imidazole rings is 1. The second-order valence-electron chi connectivity index (χ2n) is 4.97. The molecule has 4 nitrogen and oxygen atoms in total. The third-order valence-corrected chi connectivity index (χ3v) is 4.50. The van der Waals surface area contributed by atoms with E-state index in [1.165, 1.54) is 18.1 Å². The minimum Gasteiger partial charge on any atom is -0.494 e. The Morgan fingerprint density at radius 3 is 2.77 bits per heavy atom. The maximum Gasteiger partial charge on any atom is 0.165 e. The predicted octanol–water partition coefficient (Wildman–Crippen LogP) is 3.82. The van der Waals surface area contributed by atoms with Gasteiger partial charge in [-0.25, -0.2) is 14.4 Å². The summed E-state index contributed by atoms with van der Waals surface area (Å²) in [7, 11) is 1.45. The lowest BCUT2D eigenvalue weighted by molar-refractivity contribution is 0.386. The number of hydrogen-bond donors (Lipinski definition) is 0. The third kappa shape index (κ3) is 2.74. The molecular weight excluding hydrogens is 301 g/mol. The molecule has 0 aliphatic rings. The molecule has 0 saturated heterocycles. The summed E-state index contributed by atoms with van der Waals surface area (Å²) in [6.07, 6.45) is 3.62. The number of aryl methyl sites for hydroxylation is 2. The molecule has 0 N–H and O–H groups in total. The highest BCUT2D eigenvalue weighted by Crippen LogP contribution is 2.26. The first-order chi connectivity index (χ1) is 10.6. The van der Waals surface area contributed by atoms with E-state index < -0.39 is 0 Å². The summed E-state index contributed by atoms with van der Waals surface area (Å²) in [6.45, 7) is 4.68. The Morgan fingerprint density at radius 1 is 1.32 bits per heavy atom. The fraction of sp³-hybridized carbons (Fsp3) is 0.250. The molecule has 0 bridgehead atoms. The van der Waals surface area contributed by atoms with E-state index in [4.69, 9.17) is 4.74 Å². The molecule has 0 atom stereocenters. The molecule has 6 heteroatoms. The molecule has 3 rings (SSSR count). The van der Waals surface area contributed by atoms with E-state index in [1.807, 2.05) is 30.7 Å². The summed E-state index contributed by atoms with van der Waals surface area (Å²) in [5.74, 6) is 0.571. The second kappa shape index (κ2) is 5.88. The number of hydrogen-bond acceptors (Lipinski definition) is 4. The van der Waals surface area contributed by atoms with Gasteiger partial charge in [-0.1, -0.05) is 0 Å². The highest BCUT2D eigenvalue weighted by atomic mass is 32.1. The summed E-state index contributed by atoms with van der Waals surface area (Å²) in [5, 5.41) is 1.05. The number of aromatic nitrogens is 3. The first-order valence-corrected chi connectivity index (χ1v) is 7.68. The van der Waals surface area contributed by atoms with Crippen molar-refractivity contribution < 1.29 is 9.13 Å². The molecule has 0 amide bonds. The van der Waals surface area contributed by atoms with E-state index in [1.54, 1.807) is 23.6 Å². The fourth-order valence-corrected chi connectivity index (χ4v) is 3.31. The van der Waals surface area contributed by atoms with Crippen molar-refractivity contribution in [3.63, 3.8) is 0 Å². The van der Waals surface area contributed by atoms with Crippen molar-refractivity contribution >= 4 is 11.3 Å². The van der Waals surface area contributed by atoms with Crippen LogP contribution in [0.1, 0.15) is 15.6 Å². The van der Waals surface area contributed by atoms with Crippen LogP contribution < -0.4 is 4.74 Å². The Morgan fingerprint density at radius 2 is 2.14 bits per heavy atom. The van der Waals surface area contributed by atoms with E-state index in [-0.39, 0.29) is 11.6 Å². The maximum absolute atomic E-state index is 13.9. The van der Waals surface area contributed by atoms with Gasteiger partial charge in [0.15, 0.2) is 11.6 Å². The van der Waals surface area contributed by atoms with Gasteiger partial charge in [0.05, 0.1) is 24.4 Å². The van der Waals surface area contributed by atoms with Crippen molar-refractivity contribution in [3.05, 3.63) is 52.0 Å². The summed E-state index contributed by atoms with van der Waals surface area (Å²) in [6, 6.07) is 4.87. The molecule has 1 aromatic carbocycles. The normalized spacial score (nSPS) is 10.9. The lowest BCUT2D eigenvalue weighted by Crippen LogP contribution is -2.01. The van der Waals surface area contributed by atoms with E-state index in [0.717, 1.165) is 22.1 Å². The van der Waals surface area contributed by atoms with Crippen LogP contribution in [0.25, 0.3) is 11.4 Å². The number of nitrogens with zero attached hydrogens (tertiary/aromatic N) is 3. The molecule has 3 aromatic rings. The minimum atomic E-state index is -0.389. The Hall–Kier alpha value is -2.21. The van der Waals surface area contributed by atoms with Crippen LogP contribution in [0.2, 0.25) is 0 Å². The first-order valence-electron chi connectivity index (χ1n) is 6.86. The van der Waals surface area contributed by atoms with Gasteiger partial charge in [0.1, 0.15) is 5.82 Å². The molecule has 0 spiro atoms. The van der Waals surface area contributed by atoms with Gasteiger partial charge in [-0.2, -0.15) is 0 Å². The monoisotopic (exact) mass is 317 g/mol. The molecule has 114 valence electrons. The van der Waals surface area contributed by atoms with Crippen molar-refractivity contribution in [3.8, 4) is 17.1 Å². The number of thiazole rings is 1. The van der Waals surface area contributed by atoms with Crippen molar-refractivity contribution in [2.75, 3.05) is 7.11 Å². The lowest BCUT2D eigenvalue weighted by atomic mass is 10.2. The van der Waals surface area contributed by atoms with Gasteiger partial charge in [-0.3, -0.25) is 0 Å². The zero-order chi connectivity index (χ0) is 15.7. The van der Waals surface area contributed by atoms with Crippen LogP contribution in [0.15, 0.2) is 30.6 Å². The van der Waals surface area contributed by atoms with Gasteiger partial charge in [-0.05, 0) is 32.0 Å². The predicted molar refractivity (Wildman–Crippen MR) is 84.9 cm³/mol. The average Bonchev–Trinajstić information content (AvgIpc) is 3.06. The van der Waals surface area contributed by atoms with Crippen LogP contribution in [-0.2, 0) is 6.54 Å². The van der Waals surface area contributed by atoms with E-state index in [9.17, 15) is 4.39 Å². The van der Waals surface area contributed by atoms with Crippen molar-refractivity contribution in [2.24, 2.45) is 0 Å². The standard InChI is InChI=1S/C16H16FN3OS/c1-10-15(22-11(2)19-10)9-20-7-6-18-16(20)12-4-5-14(21-3)13(17)8-12/h4-8H,9H2,1-3H3. The Bertz CT molecular complexity index is 810. The largest absolute Gasteiger partial charge is 0.494 e. The average molecular weight is 317 g/mol. The van der Waals surface area contributed by atoms with Gasteiger partial charge in [0.2, 0.25) is 0 Å². The van der Waals surface area contributed by atoms with Crippen LogP contribution in [0.3, 0.4) is 0 Å². The second-order valence-corrected chi connectivity index (χ2v) is 6.26. The van der Waals surface area contributed by atoms with Crippen LogP contribution in [0.4, 0.5) is 4.39 Å².